The topological polar surface area (TPSA) is 75.6 Å². The number of aryl methyl sites for hydroxylation is 1. The fourth-order valence-electron chi connectivity index (χ4n) is 1.70. The molecular formula is C15H21NO4. The van der Waals surface area contributed by atoms with Gasteiger partial charge in [-0.3, -0.25) is 9.59 Å². The van der Waals surface area contributed by atoms with Crippen molar-refractivity contribution in [3.63, 3.8) is 0 Å². The predicted octanol–water partition coefficient (Wildman–Crippen LogP) is 2.00. The predicted molar refractivity (Wildman–Crippen MR) is 75.8 cm³/mol. The van der Waals surface area contributed by atoms with E-state index < -0.39 is 5.97 Å². The highest BCUT2D eigenvalue weighted by molar-refractivity contribution is 5.77. The van der Waals surface area contributed by atoms with Gasteiger partial charge in [-0.15, -0.1) is 0 Å². The van der Waals surface area contributed by atoms with Crippen LogP contribution in [0.15, 0.2) is 24.3 Å². The van der Waals surface area contributed by atoms with Gasteiger partial charge in [0.1, 0.15) is 5.75 Å². The summed E-state index contributed by atoms with van der Waals surface area (Å²) in [5, 5.41) is 11.3. The minimum Gasteiger partial charge on any atom is -0.484 e. The van der Waals surface area contributed by atoms with Gasteiger partial charge in [0.15, 0.2) is 6.61 Å². The highest BCUT2D eigenvalue weighted by Crippen LogP contribution is 2.12. The maximum Gasteiger partial charge on any atom is 0.303 e. The number of rotatable bonds is 8. The third-order valence-corrected chi connectivity index (χ3v) is 2.90. The maximum atomic E-state index is 11.6. The molecular weight excluding hydrogens is 258 g/mol. The molecule has 1 amide bonds. The quantitative estimate of drug-likeness (QED) is 0.763. The number of carbonyl (C=O) groups excluding carboxylic acids is 1. The zero-order valence-corrected chi connectivity index (χ0v) is 11.9. The molecule has 0 saturated carbocycles. The van der Waals surface area contributed by atoms with E-state index in [-0.39, 0.29) is 25.0 Å². The van der Waals surface area contributed by atoms with Crippen LogP contribution in [0.5, 0.6) is 5.75 Å². The van der Waals surface area contributed by atoms with E-state index in [4.69, 9.17) is 9.84 Å². The highest BCUT2D eigenvalue weighted by Gasteiger charge is 2.09. The average Bonchev–Trinajstić information content (AvgIpc) is 2.43. The molecule has 5 heteroatoms. The van der Waals surface area contributed by atoms with Gasteiger partial charge in [-0.25, -0.2) is 0 Å². The summed E-state index contributed by atoms with van der Waals surface area (Å²) in [5.41, 5.74) is 1.21. The molecule has 1 unspecified atom stereocenters. The van der Waals surface area contributed by atoms with Crippen LogP contribution in [0.25, 0.3) is 0 Å². The lowest BCUT2D eigenvalue weighted by Gasteiger charge is -2.13. The summed E-state index contributed by atoms with van der Waals surface area (Å²) in [4.78, 5) is 22.0. The molecule has 20 heavy (non-hydrogen) atoms. The third kappa shape index (κ3) is 6.22. The van der Waals surface area contributed by atoms with Gasteiger partial charge in [-0.05, 0) is 37.5 Å². The Kier molecular flexibility index (Phi) is 6.56. The fraction of sp³-hybridized carbons (Fsp3) is 0.467. The van der Waals surface area contributed by atoms with Crippen LogP contribution >= 0.6 is 0 Å². The first kappa shape index (κ1) is 16.0. The van der Waals surface area contributed by atoms with Crippen LogP contribution in [-0.2, 0) is 16.0 Å². The molecule has 1 atom stereocenters. The summed E-state index contributed by atoms with van der Waals surface area (Å²) in [7, 11) is 0. The van der Waals surface area contributed by atoms with E-state index in [0.29, 0.717) is 12.2 Å². The lowest BCUT2D eigenvalue weighted by molar-refractivity contribution is -0.137. The molecule has 0 heterocycles. The molecule has 2 N–H and O–H groups in total. The van der Waals surface area contributed by atoms with Crippen molar-refractivity contribution in [2.45, 2.75) is 39.2 Å². The minimum atomic E-state index is -0.863. The second-order valence-corrected chi connectivity index (χ2v) is 4.69. The molecule has 0 radical (unpaired) electrons. The first-order valence-electron chi connectivity index (χ1n) is 6.74. The molecule has 1 rings (SSSR count). The van der Waals surface area contributed by atoms with Crippen molar-refractivity contribution in [3.05, 3.63) is 29.8 Å². The molecule has 1 aromatic carbocycles. The molecule has 0 aromatic heterocycles. The van der Waals surface area contributed by atoms with Crippen LogP contribution in [-0.4, -0.2) is 29.6 Å². The Balaban J connectivity index is 2.29. The van der Waals surface area contributed by atoms with Crippen LogP contribution < -0.4 is 10.1 Å². The summed E-state index contributed by atoms with van der Waals surface area (Å²) in [5.74, 6) is -0.462. The fourth-order valence-corrected chi connectivity index (χ4v) is 1.70. The normalized spacial score (nSPS) is 11.7. The van der Waals surface area contributed by atoms with E-state index >= 15 is 0 Å². The number of carboxylic acids is 1. The largest absolute Gasteiger partial charge is 0.484 e. The summed E-state index contributed by atoms with van der Waals surface area (Å²) in [6.45, 7) is 3.78. The molecule has 0 bridgehead atoms. The number of carbonyl (C=O) groups is 2. The van der Waals surface area contributed by atoms with Crippen LogP contribution in [0.2, 0.25) is 0 Å². The Morgan fingerprint density at radius 3 is 2.50 bits per heavy atom. The van der Waals surface area contributed by atoms with Crippen molar-refractivity contribution >= 4 is 11.9 Å². The van der Waals surface area contributed by atoms with Crippen molar-refractivity contribution < 1.29 is 19.4 Å². The zero-order chi connectivity index (χ0) is 15.0. The molecule has 0 saturated heterocycles. The monoisotopic (exact) mass is 279 g/mol. The minimum absolute atomic E-state index is 0.0424. The Morgan fingerprint density at radius 2 is 1.95 bits per heavy atom. The van der Waals surface area contributed by atoms with Gasteiger partial charge < -0.3 is 15.2 Å². The Labute approximate surface area is 118 Å². The molecule has 110 valence electrons. The molecule has 1 aromatic rings. The number of aliphatic carboxylic acids is 1. The molecule has 0 spiro atoms. The standard InChI is InChI=1S/C15H21NO4/c1-3-12-5-7-13(8-6-12)20-10-14(17)16-11(2)4-9-15(18)19/h5-8,11H,3-4,9-10H2,1-2H3,(H,16,17)(H,18,19). The van der Waals surface area contributed by atoms with E-state index in [1.54, 1.807) is 6.92 Å². The molecule has 5 nitrogen and oxygen atoms in total. The van der Waals surface area contributed by atoms with E-state index in [2.05, 4.69) is 12.2 Å². The van der Waals surface area contributed by atoms with Gasteiger partial charge in [0.05, 0.1) is 0 Å². The smallest absolute Gasteiger partial charge is 0.303 e. The van der Waals surface area contributed by atoms with Crippen molar-refractivity contribution in [1.82, 2.24) is 5.32 Å². The second kappa shape index (κ2) is 8.19. The number of nitrogens with one attached hydrogen (secondary N) is 1. The first-order chi connectivity index (χ1) is 9.51. The highest BCUT2D eigenvalue weighted by atomic mass is 16.5. The van der Waals surface area contributed by atoms with Crippen LogP contribution in [0.4, 0.5) is 0 Å². The van der Waals surface area contributed by atoms with Crippen molar-refractivity contribution in [2.24, 2.45) is 0 Å². The Bertz CT molecular complexity index is 442. The number of carboxylic acid groups (broad SMARTS) is 1. The van der Waals surface area contributed by atoms with E-state index in [1.807, 2.05) is 24.3 Å². The van der Waals surface area contributed by atoms with Crippen molar-refractivity contribution in [2.75, 3.05) is 6.61 Å². The number of ether oxygens (including phenoxy) is 1. The lowest BCUT2D eigenvalue weighted by atomic mass is 10.2. The van der Waals surface area contributed by atoms with Crippen LogP contribution in [0.1, 0.15) is 32.3 Å². The molecule has 0 aliphatic rings. The van der Waals surface area contributed by atoms with Crippen LogP contribution in [0.3, 0.4) is 0 Å². The van der Waals surface area contributed by atoms with Gasteiger partial charge in [-0.2, -0.15) is 0 Å². The van der Waals surface area contributed by atoms with E-state index in [9.17, 15) is 9.59 Å². The number of hydrogen-bond donors (Lipinski definition) is 2. The van der Waals surface area contributed by atoms with Gasteiger partial charge in [0.25, 0.3) is 5.91 Å². The van der Waals surface area contributed by atoms with Crippen LogP contribution in [0, 0.1) is 0 Å². The van der Waals surface area contributed by atoms with E-state index in [1.165, 1.54) is 5.56 Å². The number of hydrogen-bond acceptors (Lipinski definition) is 3. The van der Waals surface area contributed by atoms with Gasteiger partial charge in [0, 0.05) is 12.5 Å². The molecule has 0 aliphatic heterocycles. The SMILES string of the molecule is CCc1ccc(OCC(=O)NC(C)CCC(=O)O)cc1. The zero-order valence-electron chi connectivity index (χ0n) is 11.9. The third-order valence-electron chi connectivity index (χ3n) is 2.90. The average molecular weight is 279 g/mol. The van der Waals surface area contributed by atoms with E-state index in [0.717, 1.165) is 6.42 Å². The summed E-state index contributed by atoms with van der Waals surface area (Å²) >= 11 is 0. The number of benzene rings is 1. The molecule has 0 fully saturated rings. The Morgan fingerprint density at radius 1 is 1.30 bits per heavy atom. The maximum absolute atomic E-state index is 11.6. The first-order valence-corrected chi connectivity index (χ1v) is 6.74. The van der Waals surface area contributed by atoms with Crippen molar-refractivity contribution in [3.8, 4) is 5.75 Å². The lowest BCUT2D eigenvalue weighted by Crippen LogP contribution is -2.36. The van der Waals surface area contributed by atoms with Gasteiger partial charge in [-0.1, -0.05) is 19.1 Å². The molecule has 0 aliphatic carbocycles. The Hall–Kier alpha value is -2.04. The van der Waals surface area contributed by atoms with Gasteiger partial charge >= 0.3 is 5.97 Å². The summed E-state index contributed by atoms with van der Waals surface area (Å²) < 4.78 is 5.37. The summed E-state index contributed by atoms with van der Waals surface area (Å²) in [6, 6.07) is 7.41. The van der Waals surface area contributed by atoms with Gasteiger partial charge in [0.2, 0.25) is 0 Å². The second-order valence-electron chi connectivity index (χ2n) is 4.69. The number of amides is 1. The van der Waals surface area contributed by atoms with Crippen molar-refractivity contribution in [1.29, 1.82) is 0 Å². The summed E-state index contributed by atoms with van der Waals surface area (Å²) in [6.07, 6.45) is 1.41.